The minimum Gasteiger partial charge on any atom is -0.459 e. The summed E-state index contributed by atoms with van der Waals surface area (Å²) in [6.45, 7) is 7.48. The highest BCUT2D eigenvalue weighted by Crippen LogP contribution is 2.48. The summed E-state index contributed by atoms with van der Waals surface area (Å²) in [6.07, 6.45) is -5.71. The topological polar surface area (TPSA) is 80.2 Å². The molecule has 0 fully saturated rings. The van der Waals surface area contributed by atoms with Crippen LogP contribution >= 0.6 is 11.8 Å². The maximum Gasteiger partial charge on any atom is 0.434 e. The summed E-state index contributed by atoms with van der Waals surface area (Å²) in [5, 5.41) is 4.44. The quantitative estimate of drug-likeness (QED) is 0.336. The molecule has 0 aromatic heterocycles. The van der Waals surface area contributed by atoms with E-state index in [0.717, 1.165) is 11.8 Å². The number of aliphatic imine (C=N–C) groups is 1. The zero-order valence-corrected chi connectivity index (χ0v) is 23.3. The molecule has 0 bridgehead atoms. The summed E-state index contributed by atoms with van der Waals surface area (Å²) in [4.78, 5) is 31.4. The van der Waals surface area contributed by atoms with Gasteiger partial charge in [-0.05, 0) is 55.0 Å². The molecule has 11 heteroatoms. The van der Waals surface area contributed by atoms with E-state index in [9.17, 15) is 22.8 Å². The van der Waals surface area contributed by atoms with E-state index >= 15 is 0 Å². The van der Waals surface area contributed by atoms with Crippen LogP contribution in [0.4, 0.5) is 13.2 Å². The smallest absolute Gasteiger partial charge is 0.434 e. The third-order valence-corrected chi connectivity index (χ3v) is 6.73. The monoisotopic (exact) mass is 573 g/mol. The number of rotatable bonds is 9. The number of allylic oxidation sites excluding steroid dienone is 1. The highest BCUT2D eigenvalue weighted by atomic mass is 32.2. The van der Waals surface area contributed by atoms with Crippen LogP contribution in [-0.2, 0) is 14.3 Å². The van der Waals surface area contributed by atoms with Crippen LogP contribution in [0.15, 0.2) is 82.0 Å². The van der Waals surface area contributed by atoms with Crippen LogP contribution in [0.3, 0.4) is 0 Å². The molecule has 7 nitrogen and oxygen atoms in total. The van der Waals surface area contributed by atoms with Crippen molar-refractivity contribution < 1.29 is 32.2 Å². The highest BCUT2D eigenvalue weighted by molar-refractivity contribution is 8.16. The minimum atomic E-state index is -4.93. The minimum absolute atomic E-state index is 0.0134. The van der Waals surface area contributed by atoms with Crippen LogP contribution in [0, 0.1) is 5.92 Å². The average Bonchev–Trinajstić information content (AvgIpc) is 3.28. The molecule has 2 aromatic carbocycles. The number of nitrogens with zero attached hydrogens (tertiary/aromatic N) is 2. The van der Waals surface area contributed by atoms with Crippen LogP contribution < -0.4 is 10.1 Å². The maximum atomic E-state index is 14.4. The third-order valence-electron chi connectivity index (χ3n) is 5.84. The SMILES string of the molecule is CC(C)CNC(=O)CC1=CSC2=NC(C(F)(F)F)=C(C(=O)OC(C)C)C(c3cccc(Oc4ccccc4)c3)N12. The molecular formula is C29H30F3N3O4S. The molecule has 1 amide bonds. The second kappa shape index (κ2) is 12.2. The lowest BCUT2D eigenvalue weighted by Crippen LogP contribution is -2.40. The first-order valence-corrected chi connectivity index (χ1v) is 13.7. The van der Waals surface area contributed by atoms with Gasteiger partial charge >= 0.3 is 12.1 Å². The number of benzene rings is 2. The lowest BCUT2D eigenvalue weighted by Gasteiger charge is -2.37. The van der Waals surface area contributed by atoms with Gasteiger partial charge in [0.25, 0.3) is 0 Å². The van der Waals surface area contributed by atoms with Crippen LogP contribution in [0.2, 0.25) is 0 Å². The van der Waals surface area contributed by atoms with E-state index in [1.165, 1.54) is 4.90 Å². The Kier molecular flexibility index (Phi) is 8.92. The molecule has 40 heavy (non-hydrogen) atoms. The van der Waals surface area contributed by atoms with E-state index < -0.39 is 35.6 Å². The summed E-state index contributed by atoms with van der Waals surface area (Å²) in [5.74, 6) is -0.304. The molecule has 2 aromatic rings. The van der Waals surface area contributed by atoms with Gasteiger partial charge in [-0.2, -0.15) is 13.2 Å². The van der Waals surface area contributed by atoms with Crippen molar-refractivity contribution in [1.82, 2.24) is 10.2 Å². The number of nitrogens with one attached hydrogen (secondary N) is 1. The van der Waals surface area contributed by atoms with Crippen molar-refractivity contribution in [3.63, 3.8) is 0 Å². The largest absolute Gasteiger partial charge is 0.459 e. The first-order chi connectivity index (χ1) is 18.9. The normalized spacial score (nSPS) is 17.0. The number of alkyl halides is 3. The Balaban J connectivity index is 1.81. The summed E-state index contributed by atoms with van der Waals surface area (Å²) in [6, 6.07) is 14.2. The Bertz CT molecular complexity index is 1350. The number of hydrogen-bond donors (Lipinski definition) is 1. The second-order valence-electron chi connectivity index (χ2n) is 9.97. The van der Waals surface area contributed by atoms with Gasteiger partial charge in [0.1, 0.15) is 11.5 Å². The molecule has 2 aliphatic heterocycles. The van der Waals surface area contributed by atoms with E-state index in [4.69, 9.17) is 9.47 Å². The highest BCUT2D eigenvalue weighted by Gasteiger charge is 2.49. The Morgan fingerprint density at radius 1 is 1.05 bits per heavy atom. The van der Waals surface area contributed by atoms with E-state index in [0.29, 0.717) is 29.3 Å². The summed E-state index contributed by atoms with van der Waals surface area (Å²) in [5.41, 5.74) is -1.22. The van der Waals surface area contributed by atoms with Crippen LogP contribution in [0.25, 0.3) is 0 Å². The number of esters is 1. The first-order valence-electron chi connectivity index (χ1n) is 12.8. The number of amidine groups is 1. The van der Waals surface area contributed by atoms with E-state index in [-0.39, 0.29) is 23.4 Å². The van der Waals surface area contributed by atoms with Crippen LogP contribution in [0.1, 0.15) is 45.7 Å². The maximum absolute atomic E-state index is 14.4. The van der Waals surface area contributed by atoms with Crippen molar-refractivity contribution in [2.45, 2.75) is 52.4 Å². The van der Waals surface area contributed by atoms with Gasteiger partial charge in [-0.3, -0.25) is 4.79 Å². The Morgan fingerprint density at radius 2 is 1.75 bits per heavy atom. The number of hydrogen-bond acceptors (Lipinski definition) is 7. The molecule has 0 saturated heterocycles. The van der Waals surface area contributed by atoms with Gasteiger partial charge in [0.15, 0.2) is 10.9 Å². The first kappa shape index (κ1) is 29.3. The van der Waals surface area contributed by atoms with Crippen molar-refractivity contribution in [3.05, 3.63) is 82.5 Å². The van der Waals surface area contributed by atoms with Gasteiger partial charge < -0.3 is 19.7 Å². The van der Waals surface area contributed by atoms with E-state index in [2.05, 4.69) is 10.3 Å². The van der Waals surface area contributed by atoms with Gasteiger partial charge in [0.2, 0.25) is 5.91 Å². The molecule has 0 saturated carbocycles. The molecule has 0 spiro atoms. The van der Waals surface area contributed by atoms with E-state index in [1.807, 2.05) is 19.9 Å². The number of carbonyl (C=O) groups is 2. The third kappa shape index (κ3) is 6.88. The van der Waals surface area contributed by atoms with Crippen LogP contribution in [0.5, 0.6) is 11.5 Å². The molecule has 1 N–H and O–H groups in total. The number of ether oxygens (including phenoxy) is 2. The number of carbonyl (C=O) groups excluding carboxylic acids is 2. The number of amides is 1. The molecule has 1 unspecified atom stereocenters. The van der Waals surface area contributed by atoms with Gasteiger partial charge in [0, 0.05) is 12.2 Å². The molecule has 2 aliphatic rings. The molecule has 2 heterocycles. The fourth-order valence-electron chi connectivity index (χ4n) is 4.19. The molecule has 212 valence electrons. The van der Waals surface area contributed by atoms with Gasteiger partial charge in [-0.25, -0.2) is 9.79 Å². The second-order valence-corrected chi connectivity index (χ2v) is 10.8. The lowest BCUT2D eigenvalue weighted by atomic mass is 9.93. The average molecular weight is 574 g/mol. The standard InChI is InChI=1S/C29H30F3N3O4S/c1-17(2)15-33-23(36)14-20-16-40-28-34-26(29(30,31)32)24(27(37)38-18(3)4)25(35(20)28)19-9-8-12-22(13-19)39-21-10-6-5-7-11-21/h5-13,16-18,25H,14-15H2,1-4H3,(H,33,36). The number of para-hydroxylation sites is 1. The number of fused-ring (bicyclic) bond motifs is 1. The van der Waals surface area contributed by atoms with Crippen molar-refractivity contribution in [2.75, 3.05) is 6.54 Å². The van der Waals surface area contributed by atoms with Gasteiger partial charge in [-0.15, -0.1) is 0 Å². The lowest BCUT2D eigenvalue weighted by molar-refractivity contribution is -0.145. The number of halogens is 3. The Morgan fingerprint density at radius 3 is 2.40 bits per heavy atom. The fourth-order valence-corrected chi connectivity index (χ4v) is 5.11. The predicted octanol–water partition coefficient (Wildman–Crippen LogP) is 6.71. The summed E-state index contributed by atoms with van der Waals surface area (Å²) < 4.78 is 54.4. The molecular weight excluding hydrogens is 543 g/mol. The van der Waals surface area contributed by atoms with Crippen molar-refractivity contribution in [2.24, 2.45) is 10.9 Å². The molecule has 0 radical (unpaired) electrons. The van der Waals surface area contributed by atoms with Crippen molar-refractivity contribution in [1.29, 1.82) is 0 Å². The molecule has 0 aliphatic carbocycles. The zero-order valence-electron chi connectivity index (χ0n) is 22.5. The van der Waals surface area contributed by atoms with Crippen LogP contribution in [-0.4, -0.2) is 40.8 Å². The number of thioether (sulfide) groups is 1. The summed E-state index contributed by atoms with van der Waals surface area (Å²) >= 11 is 0.970. The van der Waals surface area contributed by atoms with Gasteiger partial charge in [-0.1, -0.05) is 55.9 Å². The summed E-state index contributed by atoms with van der Waals surface area (Å²) in [7, 11) is 0. The molecule has 4 rings (SSSR count). The Hall–Kier alpha value is -3.73. The van der Waals surface area contributed by atoms with E-state index in [1.54, 1.807) is 67.8 Å². The van der Waals surface area contributed by atoms with Crippen molar-refractivity contribution in [3.8, 4) is 11.5 Å². The Labute approximate surface area is 235 Å². The zero-order chi connectivity index (χ0) is 29.0. The molecule has 1 atom stereocenters. The van der Waals surface area contributed by atoms with Gasteiger partial charge in [0.05, 0.1) is 24.1 Å². The van der Waals surface area contributed by atoms with Crippen molar-refractivity contribution >= 4 is 28.8 Å². The predicted molar refractivity (Wildman–Crippen MR) is 147 cm³/mol. The fraction of sp³-hybridized carbons (Fsp3) is 0.345.